The Morgan fingerprint density at radius 1 is 1.32 bits per heavy atom. The van der Waals surface area contributed by atoms with Crippen molar-refractivity contribution in [2.45, 2.75) is 20.0 Å². The highest BCUT2D eigenvalue weighted by Crippen LogP contribution is 2.20. The van der Waals surface area contributed by atoms with E-state index in [1.807, 2.05) is 38.1 Å². The molecule has 4 nitrogen and oxygen atoms in total. The first-order chi connectivity index (χ1) is 9.16. The highest BCUT2D eigenvalue weighted by atomic mass is 16.5. The number of rotatable bonds is 5. The Morgan fingerprint density at radius 2 is 2.00 bits per heavy atom. The monoisotopic (exact) mass is 262 g/mol. The summed E-state index contributed by atoms with van der Waals surface area (Å²) in [6.07, 6.45) is 0.0770. The largest absolute Gasteiger partial charge is 0.490 e. The fraction of sp³-hybridized carbons (Fsp3) is 0.533. The summed E-state index contributed by atoms with van der Waals surface area (Å²) in [5.41, 5.74) is 0.690. The van der Waals surface area contributed by atoms with Gasteiger partial charge in [0.1, 0.15) is 5.75 Å². The SMILES string of the molecule is CC(C)Oc1ccccc1C(=O)CN1CCNCC1. The Hall–Kier alpha value is -1.39. The van der Waals surface area contributed by atoms with Crippen LogP contribution >= 0.6 is 0 Å². The molecule has 1 heterocycles. The number of Topliss-reactive ketones (excluding diaryl/α,β-unsaturated/α-hetero) is 1. The zero-order valence-corrected chi connectivity index (χ0v) is 11.7. The summed E-state index contributed by atoms with van der Waals surface area (Å²) in [5.74, 6) is 0.829. The molecule has 2 rings (SSSR count). The first-order valence-electron chi connectivity index (χ1n) is 6.89. The molecule has 1 aliphatic heterocycles. The minimum Gasteiger partial charge on any atom is -0.490 e. The van der Waals surface area contributed by atoms with Gasteiger partial charge in [-0.25, -0.2) is 0 Å². The van der Waals surface area contributed by atoms with Gasteiger partial charge in [0.2, 0.25) is 0 Å². The van der Waals surface area contributed by atoms with E-state index in [0.29, 0.717) is 17.9 Å². The van der Waals surface area contributed by atoms with Gasteiger partial charge in [-0.15, -0.1) is 0 Å². The molecule has 0 aromatic heterocycles. The van der Waals surface area contributed by atoms with Crippen LogP contribution in [0.2, 0.25) is 0 Å². The number of hydrogen-bond acceptors (Lipinski definition) is 4. The number of nitrogens with zero attached hydrogens (tertiary/aromatic N) is 1. The fourth-order valence-corrected chi connectivity index (χ4v) is 2.21. The molecule has 0 saturated carbocycles. The van der Waals surface area contributed by atoms with Crippen molar-refractivity contribution < 1.29 is 9.53 Å². The second-order valence-corrected chi connectivity index (χ2v) is 5.11. The van der Waals surface area contributed by atoms with Crippen LogP contribution in [-0.4, -0.2) is 49.5 Å². The lowest BCUT2D eigenvalue weighted by Gasteiger charge is -2.26. The molecular formula is C15H22N2O2. The number of piperazine rings is 1. The quantitative estimate of drug-likeness (QED) is 0.818. The smallest absolute Gasteiger partial charge is 0.180 e. The van der Waals surface area contributed by atoms with Crippen molar-refractivity contribution in [2.75, 3.05) is 32.7 Å². The first kappa shape index (κ1) is 14.0. The molecule has 1 aromatic rings. The number of nitrogens with one attached hydrogen (secondary N) is 1. The van der Waals surface area contributed by atoms with Gasteiger partial charge >= 0.3 is 0 Å². The number of carbonyl (C=O) groups is 1. The zero-order valence-electron chi connectivity index (χ0n) is 11.7. The third-order valence-electron chi connectivity index (χ3n) is 3.13. The maximum absolute atomic E-state index is 12.4. The van der Waals surface area contributed by atoms with Crippen molar-refractivity contribution in [2.24, 2.45) is 0 Å². The lowest BCUT2D eigenvalue weighted by Crippen LogP contribution is -2.45. The molecule has 19 heavy (non-hydrogen) atoms. The molecule has 0 amide bonds. The Morgan fingerprint density at radius 3 is 2.68 bits per heavy atom. The lowest BCUT2D eigenvalue weighted by molar-refractivity contribution is 0.0916. The summed E-state index contributed by atoms with van der Waals surface area (Å²) < 4.78 is 5.70. The first-order valence-corrected chi connectivity index (χ1v) is 6.89. The number of ether oxygens (including phenoxy) is 1. The molecule has 0 spiro atoms. The van der Waals surface area contributed by atoms with Crippen LogP contribution in [0.4, 0.5) is 0 Å². The van der Waals surface area contributed by atoms with E-state index >= 15 is 0 Å². The molecule has 0 atom stereocenters. The maximum Gasteiger partial charge on any atom is 0.180 e. The molecule has 104 valence electrons. The molecular weight excluding hydrogens is 240 g/mol. The van der Waals surface area contributed by atoms with E-state index in [1.165, 1.54) is 0 Å². The average Bonchev–Trinajstić information content (AvgIpc) is 2.39. The minimum absolute atomic E-state index is 0.0770. The summed E-state index contributed by atoms with van der Waals surface area (Å²) in [6, 6.07) is 7.50. The van der Waals surface area contributed by atoms with Crippen LogP contribution in [0.1, 0.15) is 24.2 Å². The normalized spacial score (nSPS) is 16.6. The Kier molecular flexibility index (Phi) is 4.93. The topological polar surface area (TPSA) is 41.6 Å². The third-order valence-corrected chi connectivity index (χ3v) is 3.13. The molecule has 0 unspecified atom stereocenters. The summed E-state index contributed by atoms with van der Waals surface area (Å²) in [7, 11) is 0. The van der Waals surface area contributed by atoms with Crippen molar-refractivity contribution in [1.29, 1.82) is 0 Å². The standard InChI is InChI=1S/C15H22N2O2/c1-12(2)19-15-6-4-3-5-13(15)14(18)11-17-9-7-16-8-10-17/h3-6,12,16H,7-11H2,1-2H3. The second-order valence-electron chi connectivity index (χ2n) is 5.11. The molecule has 0 radical (unpaired) electrons. The van der Waals surface area contributed by atoms with Crippen molar-refractivity contribution in [3.05, 3.63) is 29.8 Å². The third kappa shape index (κ3) is 4.04. The number of benzene rings is 1. The summed E-state index contributed by atoms with van der Waals surface area (Å²) in [4.78, 5) is 14.6. The van der Waals surface area contributed by atoms with Gasteiger partial charge in [0.05, 0.1) is 18.2 Å². The van der Waals surface area contributed by atoms with Gasteiger partial charge in [0.25, 0.3) is 0 Å². The molecule has 1 aromatic carbocycles. The number of ketones is 1. The van der Waals surface area contributed by atoms with Crippen molar-refractivity contribution in [1.82, 2.24) is 10.2 Å². The van der Waals surface area contributed by atoms with Gasteiger partial charge in [0, 0.05) is 26.2 Å². The molecule has 1 aliphatic rings. The Bertz CT molecular complexity index is 426. The molecule has 4 heteroatoms. The van der Waals surface area contributed by atoms with Crippen molar-refractivity contribution >= 4 is 5.78 Å². The average molecular weight is 262 g/mol. The second kappa shape index (κ2) is 6.68. The van der Waals surface area contributed by atoms with Gasteiger partial charge in [-0.3, -0.25) is 9.69 Å². The molecule has 1 fully saturated rings. The maximum atomic E-state index is 12.4. The molecule has 1 saturated heterocycles. The number of para-hydroxylation sites is 1. The highest BCUT2D eigenvalue weighted by molar-refractivity contribution is 6.00. The minimum atomic E-state index is 0.0770. The predicted octanol–water partition coefficient (Wildman–Crippen LogP) is 1.56. The molecule has 1 N–H and O–H groups in total. The molecule has 0 aliphatic carbocycles. The number of carbonyl (C=O) groups excluding carboxylic acids is 1. The summed E-state index contributed by atoms with van der Waals surface area (Å²) in [6.45, 7) is 8.18. The zero-order chi connectivity index (χ0) is 13.7. The van der Waals surface area contributed by atoms with Gasteiger partial charge in [-0.05, 0) is 26.0 Å². The van der Waals surface area contributed by atoms with Crippen LogP contribution in [0.5, 0.6) is 5.75 Å². The van der Waals surface area contributed by atoms with E-state index in [2.05, 4.69) is 10.2 Å². The van der Waals surface area contributed by atoms with Crippen molar-refractivity contribution in [3.8, 4) is 5.75 Å². The van der Waals surface area contributed by atoms with Gasteiger partial charge < -0.3 is 10.1 Å². The van der Waals surface area contributed by atoms with Crippen LogP contribution in [0.15, 0.2) is 24.3 Å². The molecule has 0 bridgehead atoms. The van der Waals surface area contributed by atoms with Crippen LogP contribution in [0.3, 0.4) is 0 Å². The Balaban J connectivity index is 2.05. The van der Waals surface area contributed by atoms with Crippen LogP contribution in [0.25, 0.3) is 0 Å². The van der Waals surface area contributed by atoms with E-state index in [4.69, 9.17) is 4.74 Å². The van der Waals surface area contributed by atoms with Gasteiger partial charge in [-0.2, -0.15) is 0 Å². The van der Waals surface area contributed by atoms with E-state index in [-0.39, 0.29) is 11.9 Å². The Labute approximate surface area is 114 Å². The highest BCUT2D eigenvalue weighted by Gasteiger charge is 2.18. The van der Waals surface area contributed by atoms with E-state index < -0.39 is 0 Å². The van der Waals surface area contributed by atoms with Crippen LogP contribution < -0.4 is 10.1 Å². The predicted molar refractivity (Wildman–Crippen MR) is 75.8 cm³/mol. The van der Waals surface area contributed by atoms with Crippen LogP contribution in [0, 0.1) is 0 Å². The summed E-state index contributed by atoms with van der Waals surface area (Å²) >= 11 is 0. The van der Waals surface area contributed by atoms with E-state index in [1.54, 1.807) is 0 Å². The van der Waals surface area contributed by atoms with Crippen molar-refractivity contribution in [3.63, 3.8) is 0 Å². The van der Waals surface area contributed by atoms with Gasteiger partial charge in [-0.1, -0.05) is 12.1 Å². The number of hydrogen-bond donors (Lipinski definition) is 1. The van der Waals surface area contributed by atoms with E-state index in [0.717, 1.165) is 26.2 Å². The van der Waals surface area contributed by atoms with E-state index in [9.17, 15) is 4.79 Å². The van der Waals surface area contributed by atoms with Crippen LogP contribution in [-0.2, 0) is 0 Å². The lowest BCUT2D eigenvalue weighted by atomic mass is 10.1. The summed E-state index contributed by atoms with van der Waals surface area (Å²) in [5, 5.41) is 3.29. The van der Waals surface area contributed by atoms with Gasteiger partial charge in [0.15, 0.2) is 5.78 Å². The fourth-order valence-electron chi connectivity index (χ4n) is 2.21.